The van der Waals surface area contributed by atoms with Crippen LogP contribution in [0.1, 0.15) is 5.56 Å². The summed E-state index contributed by atoms with van der Waals surface area (Å²) in [5.41, 5.74) is 6.42. The van der Waals surface area contributed by atoms with E-state index < -0.39 is 0 Å². The number of nitrogens with one attached hydrogen (secondary N) is 1. The van der Waals surface area contributed by atoms with Gasteiger partial charge < -0.3 is 20.5 Å². The molecule has 0 aromatic heterocycles. The number of methoxy groups -OCH3 is 1. The number of ether oxygens (including phenoxy) is 2. The van der Waals surface area contributed by atoms with Crippen molar-refractivity contribution < 1.29 is 9.47 Å². The van der Waals surface area contributed by atoms with Crippen LogP contribution in [0.25, 0.3) is 0 Å². The summed E-state index contributed by atoms with van der Waals surface area (Å²) in [5, 5.41) is 3.18. The molecule has 0 radical (unpaired) electrons. The summed E-state index contributed by atoms with van der Waals surface area (Å²) in [6, 6.07) is 7.76. The molecule has 3 N–H and O–H groups in total. The minimum atomic E-state index is 0.297. The summed E-state index contributed by atoms with van der Waals surface area (Å²) in [5.74, 6) is 0.819. The number of benzene rings is 1. The molecule has 0 aliphatic carbocycles. The van der Waals surface area contributed by atoms with Gasteiger partial charge in [0.15, 0.2) is 5.11 Å². The summed E-state index contributed by atoms with van der Waals surface area (Å²) in [4.78, 5) is 0. The quantitative estimate of drug-likeness (QED) is 0.575. The Morgan fingerprint density at radius 1 is 1.44 bits per heavy atom. The van der Waals surface area contributed by atoms with Gasteiger partial charge in [-0.2, -0.15) is 0 Å². The summed E-state index contributed by atoms with van der Waals surface area (Å²) < 4.78 is 10.4. The fourth-order valence-electron chi connectivity index (χ4n) is 1.18. The van der Waals surface area contributed by atoms with Gasteiger partial charge in [-0.05, 0) is 29.9 Å². The van der Waals surface area contributed by atoms with Crippen LogP contribution in [-0.2, 0) is 11.3 Å². The van der Waals surface area contributed by atoms with E-state index in [0.29, 0.717) is 24.9 Å². The lowest BCUT2D eigenvalue weighted by molar-refractivity contribution is 0.146. The van der Waals surface area contributed by atoms with E-state index in [1.165, 1.54) is 0 Å². The Morgan fingerprint density at radius 2 is 2.25 bits per heavy atom. The Hall–Kier alpha value is -1.33. The van der Waals surface area contributed by atoms with Crippen molar-refractivity contribution in [2.45, 2.75) is 6.54 Å². The van der Waals surface area contributed by atoms with Crippen LogP contribution < -0.4 is 15.8 Å². The zero-order chi connectivity index (χ0) is 11.8. The molecule has 0 aliphatic heterocycles. The summed E-state index contributed by atoms with van der Waals surface area (Å²) in [7, 11) is 1.64. The molecule has 0 heterocycles. The predicted molar refractivity (Wildman–Crippen MR) is 67.4 cm³/mol. The van der Waals surface area contributed by atoms with E-state index in [1.807, 2.05) is 24.3 Å². The zero-order valence-electron chi connectivity index (χ0n) is 9.23. The second kappa shape index (κ2) is 7.03. The molecule has 0 bridgehead atoms. The van der Waals surface area contributed by atoms with Crippen LogP contribution in [0.4, 0.5) is 0 Å². The second-order valence-corrected chi connectivity index (χ2v) is 3.65. The topological polar surface area (TPSA) is 56.5 Å². The van der Waals surface area contributed by atoms with Crippen LogP contribution in [0.5, 0.6) is 5.75 Å². The van der Waals surface area contributed by atoms with Gasteiger partial charge in [-0.3, -0.25) is 0 Å². The standard InChI is InChI=1S/C11H16N2O2S/c1-14-5-6-15-10-4-2-3-9(7-10)8-13-11(12)16/h2-4,7H,5-6,8H2,1H3,(H3,12,13,16). The maximum atomic E-state index is 5.48. The van der Waals surface area contributed by atoms with Crippen molar-refractivity contribution in [3.8, 4) is 5.75 Å². The SMILES string of the molecule is COCCOc1cccc(CNC(N)=S)c1. The minimum Gasteiger partial charge on any atom is -0.491 e. The van der Waals surface area contributed by atoms with E-state index >= 15 is 0 Å². The van der Waals surface area contributed by atoms with Crippen LogP contribution in [0, 0.1) is 0 Å². The molecule has 0 amide bonds. The van der Waals surface area contributed by atoms with Crippen LogP contribution >= 0.6 is 12.2 Å². The Morgan fingerprint density at radius 3 is 2.94 bits per heavy atom. The number of nitrogens with two attached hydrogens (primary N) is 1. The molecule has 0 saturated carbocycles. The van der Waals surface area contributed by atoms with Crippen molar-refractivity contribution in [3.63, 3.8) is 0 Å². The van der Waals surface area contributed by atoms with E-state index in [4.69, 9.17) is 27.4 Å². The molecule has 1 aromatic rings. The van der Waals surface area contributed by atoms with Gasteiger partial charge in [0.1, 0.15) is 12.4 Å². The lowest BCUT2D eigenvalue weighted by Crippen LogP contribution is -2.28. The molecule has 88 valence electrons. The first-order valence-corrected chi connectivity index (χ1v) is 5.37. The Bertz CT molecular complexity index is 345. The van der Waals surface area contributed by atoms with Crippen LogP contribution in [0.2, 0.25) is 0 Å². The predicted octanol–water partition coefficient (Wildman–Crippen LogP) is 1.05. The maximum absolute atomic E-state index is 5.48. The van der Waals surface area contributed by atoms with Crippen molar-refractivity contribution in [1.29, 1.82) is 0 Å². The lowest BCUT2D eigenvalue weighted by Gasteiger charge is -2.08. The lowest BCUT2D eigenvalue weighted by atomic mass is 10.2. The first kappa shape index (κ1) is 12.7. The van der Waals surface area contributed by atoms with Gasteiger partial charge in [0, 0.05) is 13.7 Å². The van der Waals surface area contributed by atoms with Gasteiger partial charge in [-0.25, -0.2) is 0 Å². The highest BCUT2D eigenvalue weighted by atomic mass is 32.1. The number of hydrogen-bond acceptors (Lipinski definition) is 3. The Balaban J connectivity index is 2.46. The highest BCUT2D eigenvalue weighted by Gasteiger charge is 1.97. The monoisotopic (exact) mass is 240 g/mol. The van der Waals surface area contributed by atoms with Gasteiger partial charge in [0.05, 0.1) is 6.61 Å². The summed E-state index contributed by atoms with van der Waals surface area (Å²) in [6.45, 7) is 1.73. The van der Waals surface area contributed by atoms with Gasteiger partial charge in [0.25, 0.3) is 0 Å². The smallest absolute Gasteiger partial charge is 0.163 e. The molecular formula is C11H16N2O2S. The van der Waals surface area contributed by atoms with Crippen LogP contribution in [0.15, 0.2) is 24.3 Å². The van der Waals surface area contributed by atoms with Crippen molar-refractivity contribution >= 4 is 17.3 Å². The van der Waals surface area contributed by atoms with E-state index in [0.717, 1.165) is 11.3 Å². The fraction of sp³-hybridized carbons (Fsp3) is 0.364. The Kier molecular flexibility index (Phi) is 5.60. The normalized spacial score (nSPS) is 9.81. The first-order valence-electron chi connectivity index (χ1n) is 4.96. The molecule has 16 heavy (non-hydrogen) atoms. The van der Waals surface area contributed by atoms with Crippen molar-refractivity contribution in [1.82, 2.24) is 5.32 Å². The van der Waals surface area contributed by atoms with Crippen LogP contribution in [-0.4, -0.2) is 25.4 Å². The molecule has 0 saturated heterocycles. The van der Waals surface area contributed by atoms with E-state index in [9.17, 15) is 0 Å². The molecule has 0 unspecified atom stereocenters. The largest absolute Gasteiger partial charge is 0.491 e. The average Bonchev–Trinajstić information content (AvgIpc) is 2.27. The highest BCUT2D eigenvalue weighted by molar-refractivity contribution is 7.80. The number of hydrogen-bond donors (Lipinski definition) is 2. The molecule has 5 heteroatoms. The van der Waals surface area contributed by atoms with Crippen molar-refractivity contribution in [2.75, 3.05) is 20.3 Å². The molecule has 0 fully saturated rings. The van der Waals surface area contributed by atoms with Gasteiger partial charge in [-0.1, -0.05) is 12.1 Å². The van der Waals surface area contributed by atoms with Crippen LogP contribution in [0.3, 0.4) is 0 Å². The molecule has 4 nitrogen and oxygen atoms in total. The number of thiocarbonyl (C=S) groups is 1. The van der Waals surface area contributed by atoms with Gasteiger partial charge >= 0.3 is 0 Å². The number of rotatable bonds is 6. The molecule has 0 atom stereocenters. The van der Waals surface area contributed by atoms with E-state index in [1.54, 1.807) is 7.11 Å². The highest BCUT2D eigenvalue weighted by Crippen LogP contribution is 2.12. The Labute approximate surface area is 101 Å². The third-order valence-corrected chi connectivity index (χ3v) is 2.07. The van der Waals surface area contributed by atoms with Gasteiger partial charge in [-0.15, -0.1) is 0 Å². The summed E-state index contributed by atoms with van der Waals surface area (Å²) >= 11 is 4.73. The maximum Gasteiger partial charge on any atom is 0.163 e. The molecular weight excluding hydrogens is 224 g/mol. The van der Waals surface area contributed by atoms with E-state index in [-0.39, 0.29) is 0 Å². The summed E-state index contributed by atoms with van der Waals surface area (Å²) in [6.07, 6.45) is 0. The van der Waals surface area contributed by atoms with Crippen molar-refractivity contribution in [3.05, 3.63) is 29.8 Å². The van der Waals surface area contributed by atoms with E-state index in [2.05, 4.69) is 5.32 Å². The molecule has 1 rings (SSSR count). The molecule has 1 aromatic carbocycles. The van der Waals surface area contributed by atoms with Gasteiger partial charge in [0.2, 0.25) is 0 Å². The fourth-order valence-corrected chi connectivity index (χ4v) is 1.25. The zero-order valence-corrected chi connectivity index (χ0v) is 10.0. The average molecular weight is 240 g/mol. The first-order chi connectivity index (χ1) is 7.72. The third-order valence-electron chi connectivity index (χ3n) is 1.92. The van der Waals surface area contributed by atoms with Crippen molar-refractivity contribution in [2.24, 2.45) is 5.73 Å². The molecule has 0 spiro atoms. The molecule has 0 aliphatic rings. The third kappa shape index (κ3) is 4.95. The minimum absolute atomic E-state index is 0.297. The second-order valence-electron chi connectivity index (χ2n) is 3.21.